The summed E-state index contributed by atoms with van der Waals surface area (Å²) in [6.45, 7) is 0. The van der Waals surface area contributed by atoms with Crippen molar-refractivity contribution in [2.45, 2.75) is 0 Å². The lowest BCUT2D eigenvalue weighted by Gasteiger charge is -2.09. The van der Waals surface area contributed by atoms with Crippen LogP contribution >= 0.6 is 11.6 Å². The Morgan fingerprint density at radius 1 is 1.13 bits per heavy atom. The number of benzene rings is 2. The van der Waals surface area contributed by atoms with Gasteiger partial charge < -0.3 is 15.4 Å². The average Bonchev–Trinajstić information content (AvgIpc) is 2.56. The average molecular weight is 337 g/mol. The maximum atomic E-state index is 13.4. The van der Waals surface area contributed by atoms with Gasteiger partial charge in [-0.25, -0.2) is 4.39 Å². The zero-order valence-electron chi connectivity index (χ0n) is 12.4. The lowest BCUT2D eigenvalue weighted by molar-refractivity contribution is 0.0961. The Morgan fingerprint density at radius 2 is 1.87 bits per heavy atom. The number of methoxy groups -OCH3 is 1. The fourth-order valence-electron chi connectivity index (χ4n) is 1.92. The molecule has 0 aromatic heterocycles. The van der Waals surface area contributed by atoms with Gasteiger partial charge in [0.05, 0.1) is 17.7 Å². The molecule has 0 aliphatic heterocycles. The van der Waals surface area contributed by atoms with Crippen molar-refractivity contribution >= 4 is 29.1 Å². The fraction of sp³-hybridized carbons (Fsp3) is 0.125. The van der Waals surface area contributed by atoms with Gasteiger partial charge in [0.15, 0.2) is 11.6 Å². The minimum Gasteiger partial charge on any atom is -0.494 e. The van der Waals surface area contributed by atoms with E-state index in [-0.39, 0.29) is 27.8 Å². The molecule has 0 aliphatic rings. The molecule has 2 aromatic carbocycles. The van der Waals surface area contributed by atoms with Crippen LogP contribution in [0.1, 0.15) is 20.7 Å². The van der Waals surface area contributed by atoms with Crippen LogP contribution in [-0.2, 0) is 0 Å². The van der Waals surface area contributed by atoms with Gasteiger partial charge >= 0.3 is 0 Å². The second-order valence-corrected chi connectivity index (χ2v) is 4.98. The molecule has 0 radical (unpaired) electrons. The monoisotopic (exact) mass is 336 g/mol. The van der Waals surface area contributed by atoms with E-state index in [0.29, 0.717) is 5.69 Å². The first kappa shape index (κ1) is 16.8. The van der Waals surface area contributed by atoms with E-state index in [1.165, 1.54) is 38.4 Å². The molecule has 120 valence electrons. The van der Waals surface area contributed by atoms with E-state index in [1.807, 2.05) is 0 Å². The number of hydrogen-bond donors (Lipinski definition) is 2. The number of hydrogen-bond acceptors (Lipinski definition) is 3. The predicted molar refractivity (Wildman–Crippen MR) is 85.7 cm³/mol. The zero-order chi connectivity index (χ0) is 17.0. The number of carbonyl (C=O) groups is 2. The Morgan fingerprint density at radius 3 is 2.52 bits per heavy atom. The Labute approximate surface area is 137 Å². The summed E-state index contributed by atoms with van der Waals surface area (Å²) in [5.74, 6) is -1.42. The molecule has 0 bridgehead atoms. The van der Waals surface area contributed by atoms with Gasteiger partial charge in [-0.15, -0.1) is 0 Å². The molecule has 0 saturated heterocycles. The van der Waals surface area contributed by atoms with Gasteiger partial charge in [-0.05, 0) is 36.4 Å². The van der Waals surface area contributed by atoms with Crippen LogP contribution in [0.3, 0.4) is 0 Å². The van der Waals surface area contributed by atoms with E-state index in [0.717, 1.165) is 6.07 Å². The third-order valence-electron chi connectivity index (χ3n) is 3.11. The van der Waals surface area contributed by atoms with Gasteiger partial charge in [0, 0.05) is 18.3 Å². The molecule has 0 spiro atoms. The Bertz CT molecular complexity index is 765. The third-order valence-corrected chi connectivity index (χ3v) is 3.44. The molecule has 2 rings (SSSR count). The van der Waals surface area contributed by atoms with Crippen molar-refractivity contribution in [2.75, 3.05) is 19.5 Å². The van der Waals surface area contributed by atoms with Crippen molar-refractivity contribution in [3.8, 4) is 5.75 Å². The molecule has 2 amide bonds. The SMILES string of the molecule is CNC(=O)c1cc(NC(=O)c2ccc(F)c(OC)c2)ccc1Cl. The van der Waals surface area contributed by atoms with Crippen molar-refractivity contribution in [3.05, 3.63) is 58.4 Å². The molecule has 0 unspecified atom stereocenters. The summed E-state index contributed by atoms with van der Waals surface area (Å²) in [5.41, 5.74) is 0.852. The molecule has 7 heteroatoms. The van der Waals surface area contributed by atoms with Gasteiger partial charge in [-0.3, -0.25) is 9.59 Å². The second kappa shape index (κ2) is 7.11. The smallest absolute Gasteiger partial charge is 0.255 e. The summed E-state index contributed by atoms with van der Waals surface area (Å²) >= 11 is 5.95. The highest BCUT2D eigenvalue weighted by Gasteiger charge is 2.13. The summed E-state index contributed by atoms with van der Waals surface area (Å²) in [6, 6.07) is 8.30. The van der Waals surface area contributed by atoms with E-state index < -0.39 is 11.7 Å². The number of rotatable bonds is 4. The summed E-state index contributed by atoms with van der Waals surface area (Å²) in [4.78, 5) is 23.9. The largest absolute Gasteiger partial charge is 0.494 e. The van der Waals surface area contributed by atoms with Crippen LogP contribution in [0.4, 0.5) is 10.1 Å². The van der Waals surface area contributed by atoms with E-state index in [2.05, 4.69) is 10.6 Å². The predicted octanol–water partition coefficient (Wildman–Crippen LogP) is 3.10. The quantitative estimate of drug-likeness (QED) is 0.901. The van der Waals surface area contributed by atoms with Crippen molar-refractivity contribution in [1.82, 2.24) is 5.32 Å². The molecule has 23 heavy (non-hydrogen) atoms. The molecule has 0 heterocycles. The molecule has 0 aliphatic carbocycles. The molecule has 0 atom stereocenters. The Hall–Kier alpha value is -2.60. The van der Waals surface area contributed by atoms with E-state index in [9.17, 15) is 14.0 Å². The minimum absolute atomic E-state index is 0.0280. The first-order chi connectivity index (χ1) is 11.0. The topological polar surface area (TPSA) is 67.4 Å². The highest BCUT2D eigenvalue weighted by Crippen LogP contribution is 2.22. The van der Waals surface area contributed by atoms with Crippen LogP contribution in [0.25, 0.3) is 0 Å². The second-order valence-electron chi connectivity index (χ2n) is 4.58. The molecule has 0 fully saturated rings. The normalized spacial score (nSPS) is 10.1. The van der Waals surface area contributed by atoms with E-state index in [4.69, 9.17) is 16.3 Å². The Kier molecular flexibility index (Phi) is 5.18. The van der Waals surface area contributed by atoms with Crippen molar-refractivity contribution in [3.63, 3.8) is 0 Å². The molecule has 2 aromatic rings. The summed E-state index contributed by atoms with van der Waals surface area (Å²) < 4.78 is 18.2. The van der Waals surface area contributed by atoms with Crippen molar-refractivity contribution < 1.29 is 18.7 Å². The summed E-state index contributed by atoms with van der Waals surface area (Å²) in [7, 11) is 2.80. The van der Waals surface area contributed by atoms with Crippen LogP contribution in [0.15, 0.2) is 36.4 Å². The van der Waals surface area contributed by atoms with E-state index in [1.54, 1.807) is 6.07 Å². The van der Waals surface area contributed by atoms with Crippen LogP contribution in [-0.4, -0.2) is 26.0 Å². The highest BCUT2D eigenvalue weighted by molar-refractivity contribution is 6.34. The lowest BCUT2D eigenvalue weighted by Crippen LogP contribution is -2.19. The third kappa shape index (κ3) is 3.78. The van der Waals surface area contributed by atoms with Crippen molar-refractivity contribution in [1.29, 1.82) is 0 Å². The van der Waals surface area contributed by atoms with Crippen LogP contribution in [0.5, 0.6) is 5.75 Å². The van der Waals surface area contributed by atoms with Crippen molar-refractivity contribution in [2.24, 2.45) is 0 Å². The van der Waals surface area contributed by atoms with Crippen LogP contribution in [0.2, 0.25) is 5.02 Å². The minimum atomic E-state index is -0.558. The molecule has 2 N–H and O–H groups in total. The van der Waals surface area contributed by atoms with Crippen LogP contribution in [0, 0.1) is 5.82 Å². The number of nitrogens with one attached hydrogen (secondary N) is 2. The van der Waals surface area contributed by atoms with Gasteiger partial charge in [0.2, 0.25) is 0 Å². The molecule has 5 nitrogen and oxygen atoms in total. The molecular formula is C16H14ClFN2O3. The van der Waals surface area contributed by atoms with Gasteiger partial charge in [0.1, 0.15) is 0 Å². The lowest BCUT2D eigenvalue weighted by atomic mass is 10.1. The maximum absolute atomic E-state index is 13.4. The standard InChI is InChI=1S/C16H14ClFN2O3/c1-19-16(22)11-8-10(4-5-12(11)17)20-15(21)9-3-6-13(18)14(7-9)23-2/h3-8H,1-2H3,(H,19,22)(H,20,21). The summed E-state index contributed by atoms with van der Waals surface area (Å²) in [5, 5.41) is 5.35. The van der Waals surface area contributed by atoms with E-state index >= 15 is 0 Å². The Balaban J connectivity index is 2.25. The molecular weight excluding hydrogens is 323 g/mol. The maximum Gasteiger partial charge on any atom is 0.255 e. The first-order valence-electron chi connectivity index (χ1n) is 6.62. The van der Waals surface area contributed by atoms with Gasteiger partial charge in [-0.1, -0.05) is 11.6 Å². The van der Waals surface area contributed by atoms with Gasteiger partial charge in [0.25, 0.3) is 11.8 Å². The number of ether oxygens (including phenoxy) is 1. The van der Waals surface area contributed by atoms with Gasteiger partial charge in [-0.2, -0.15) is 0 Å². The van der Waals surface area contributed by atoms with Crippen LogP contribution < -0.4 is 15.4 Å². The first-order valence-corrected chi connectivity index (χ1v) is 7.00. The summed E-state index contributed by atoms with van der Waals surface area (Å²) in [6.07, 6.45) is 0. The fourth-order valence-corrected chi connectivity index (χ4v) is 2.12. The number of carbonyl (C=O) groups excluding carboxylic acids is 2. The highest BCUT2D eigenvalue weighted by atomic mass is 35.5. The number of halogens is 2. The number of anilines is 1. The molecule has 0 saturated carbocycles. The zero-order valence-corrected chi connectivity index (χ0v) is 13.2. The number of amides is 2.